The van der Waals surface area contributed by atoms with E-state index >= 15 is 0 Å². The third-order valence-corrected chi connectivity index (χ3v) is 2.83. The van der Waals surface area contributed by atoms with Crippen molar-refractivity contribution < 1.29 is 0 Å². The Morgan fingerprint density at radius 3 is 2.79 bits per heavy atom. The molecule has 0 bridgehead atoms. The van der Waals surface area contributed by atoms with Gasteiger partial charge in [0, 0.05) is 6.54 Å². The molecule has 1 aliphatic rings. The Labute approximate surface area is 109 Å². The zero-order chi connectivity index (χ0) is 13.8. The molecule has 0 fully saturated rings. The number of rotatable bonds is 3. The van der Waals surface area contributed by atoms with Crippen LogP contribution in [0.25, 0.3) is 5.70 Å². The third kappa shape index (κ3) is 2.40. The number of aromatic nitrogens is 3. The summed E-state index contributed by atoms with van der Waals surface area (Å²) in [5.41, 5.74) is -0.764. The van der Waals surface area contributed by atoms with E-state index in [0.29, 0.717) is 12.1 Å². The van der Waals surface area contributed by atoms with Crippen LogP contribution in [-0.2, 0) is 6.54 Å². The van der Waals surface area contributed by atoms with E-state index < -0.39 is 11.2 Å². The van der Waals surface area contributed by atoms with Crippen molar-refractivity contribution in [3.63, 3.8) is 0 Å². The summed E-state index contributed by atoms with van der Waals surface area (Å²) in [6.45, 7) is 2.15. The minimum atomic E-state index is -0.619. The lowest BCUT2D eigenvalue weighted by Crippen LogP contribution is -2.42. The van der Waals surface area contributed by atoms with Crippen LogP contribution in [0.15, 0.2) is 27.8 Å². The second kappa shape index (κ2) is 5.48. The summed E-state index contributed by atoms with van der Waals surface area (Å²) in [6, 6.07) is 1.75. The molecule has 0 amide bonds. The molecule has 0 saturated heterocycles. The molecule has 0 atom stereocenters. The molecule has 98 valence electrons. The van der Waals surface area contributed by atoms with Gasteiger partial charge in [-0.1, -0.05) is 19.1 Å². The maximum Gasteiger partial charge on any atom is 0.352 e. The fourth-order valence-corrected chi connectivity index (χ4v) is 1.93. The van der Waals surface area contributed by atoms with Crippen LogP contribution in [0, 0.1) is 11.3 Å². The van der Waals surface area contributed by atoms with Gasteiger partial charge in [-0.25, -0.2) is 4.79 Å². The van der Waals surface area contributed by atoms with E-state index in [0.717, 1.165) is 22.1 Å². The fourth-order valence-electron chi connectivity index (χ4n) is 1.93. The van der Waals surface area contributed by atoms with Gasteiger partial charge in [0.1, 0.15) is 6.07 Å². The van der Waals surface area contributed by atoms with Crippen LogP contribution in [0.3, 0.4) is 0 Å². The average Bonchev–Trinajstić information content (AvgIpc) is 2.45. The van der Waals surface area contributed by atoms with Crippen LogP contribution in [-0.4, -0.2) is 14.3 Å². The number of nitriles is 1. The highest BCUT2D eigenvalue weighted by Gasteiger charge is 2.14. The van der Waals surface area contributed by atoms with Crippen molar-refractivity contribution in [1.82, 2.24) is 14.3 Å². The quantitative estimate of drug-likeness (QED) is 0.805. The molecule has 6 heteroatoms. The molecule has 1 heterocycles. The Morgan fingerprint density at radius 2 is 2.21 bits per heavy atom. The first-order valence-electron chi connectivity index (χ1n) is 6.20. The molecule has 1 aromatic rings. The van der Waals surface area contributed by atoms with Gasteiger partial charge in [-0.3, -0.25) is 9.36 Å². The van der Waals surface area contributed by atoms with Gasteiger partial charge in [0.2, 0.25) is 5.69 Å². The van der Waals surface area contributed by atoms with E-state index in [4.69, 9.17) is 5.26 Å². The van der Waals surface area contributed by atoms with E-state index in [2.05, 4.69) is 5.10 Å². The Morgan fingerprint density at radius 1 is 1.42 bits per heavy atom. The number of hydrogen-bond acceptors (Lipinski definition) is 4. The monoisotopic (exact) mass is 258 g/mol. The molecular formula is C13H14N4O2. The third-order valence-electron chi connectivity index (χ3n) is 2.83. The van der Waals surface area contributed by atoms with Crippen LogP contribution >= 0.6 is 0 Å². The summed E-state index contributed by atoms with van der Waals surface area (Å²) in [5, 5.41) is 12.8. The zero-order valence-corrected chi connectivity index (χ0v) is 10.7. The van der Waals surface area contributed by atoms with Crippen LogP contribution < -0.4 is 11.2 Å². The van der Waals surface area contributed by atoms with Crippen molar-refractivity contribution in [2.45, 2.75) is 32.7 Å². The lowest BCUT2D eigenvalue weighted by molar-refractivity contribution is 0.567. The van der Waals surface area contributed by atoms with E-state index in [1.54, 1.807) is 12.1 Å². The van der Waals surface area contributed by atoms with E-state index in [9.17, 15) is 9.59 Å². The summed E-state index contributed by atoms with van der Waals surface area (Å²) in [7, 11) is 0. The summed E-state index contributed by atoms with van der Waals surface area (Å²) in [5.74, 6) is 0. The number of hydrogen-bond donors (Lipinski definition) is 0. The number of nitrogens with zero attached hydrogens (tertiary/aromatic N) is 4. The van der Waals surface area contributed by atoms with Crippen LogP contribution in [0.1, 0.15) is 31.9 Å². The molecular weight excluding hydrogens is 244 g/mol. The molecule has 19 heavy (non-hydrogen) atoms. The SMILES string of the molecule is CCCn1c(=O)c(C#N)nn(C2=CCCC=C2)c1=O. The summed E-state index contributed by atoms with van der Waals surface area (Å²) in [4.78, 5) is 24.1. The molecule has 1 aromatic heterocycles. The highest BCUT2D eigenvalue weighted by atomic mass is 16.2. The van der Waals surface area contributed by atoms with Crippen molar-refractivity contribution >= 4 is 5.70 Å². The maximum atomic E-state index is 12.2. The standard InChI is InChI=1S/C13H14N4O2/c1-2-8-16-12(18)11(9-14)15-17(13(16)19)10-6-4-3-5-7-10/h4,6-7H,2-3,5,8H2,1H3. The highest BCUT2D eigenvalue weighted by Crippen LogP contribution is 2.11. The average molecular weight is 258 g/mol. The topological polar surface area (TPSA) is 80.7 Å². The Bertz CT molecular complexity index is 701. The largest absolute Gasteiger partial charge is 0.352 e. The van der Waals surface area contributed by atoms with E-state index in [-0.39, 0.29) is 12.2 Å². The minimum absolute atomic E-state index is 0.257. The first-order valence-corrected chi connectivity index (χ1v) is 6.20. The molecule has 0 radical (unpaired) electrons. The Hall–Kier alpha value is -2.42. The first kappa shape index (κ1) is 13.0. The van der Waals surface area contributed by atoms with Crippen molar-refractivity contribution in [1.29, 1.82) is 5.26 Å². The van der Waals surface area contributed by atoms with Crippen LogP contribution in [0.2, 0.25) is 0 Å². The number of allylic oxidation sites excluding steroid dienone is 4. The van der Waals surface area contributed by atoms with Gasteiger partial charge < -0.3 is 0 Å². The van der Waals surface area contributed by atoms with Gasteiger partial charge in [0.15, 0.2) is 0 Å². The molecule has 0 aliphatic heterocycles. The van der Waals surface area contributed by atoms with Gasteiger partial charge in [-0.05, 0) is 25.3 Å². The lowest BCUT2D eigenvalue weighted by atomic mass is 10.1. The predicted octanol–water partition coefficient (Wildman–Crippen LogP) is 0.878. The maximum absolute atomic E-state index is 12.2. The molecule has 0 N–H and O–H groups in total. The second-order valence-corrected chi connectivity index (χ2v) is 4.22. The minimum Gasteiger partial charge on any atom is -0.266 e. The summed E-state index contributed by atoms with van der Waals surface area (Å²) >= 11 is 0. The molecule has 0 aromatic carbocycles. The first-order chi connectivity index (χ1) is 9.19. The van der Waals surface area contributed by atoms with Crippen LogP contribution in [0.4, 0.5) is 0 Å². The molecule has 1 aliphatic carbocycles. The van der Waals surface area contributed by atoms with Gasteiger partial charge in [0.25, 0.3) is 5.56 Å². The van der Waals surface area contributed by atoms with Gasteiger partial charge in [-0.15, -0.1) is 5.10 Å². The van der Waals surface area contributed by atoms with Gasteiger partial charge in [0.05, 0.1) is 5.70 Å². The Balaban J connectivity index is 2.69. The molecule has 0 spiro atoms. The van der Waals surface area contributed by atoms with E-state index in [1.165, 1.54) is 0 Å². The zero-order valence-electron chi connectivity index (χ0n) is 10.7. The van der Waals surface area contributed by atoms with Crippen molar-refractivity contribution in [3.05, 3.63) is 44.8 Å². The van der Waals surface area contributed by atoms with Crippen LogP contribution in [0.5, 0.6) is 0 Å². The smallest absolute Gasteiger partial charge is 0.266 e. The van der Waals surface area contributed by atoms with Gasteiger partial charge in [-0.2, -0.15) is 9.94 Å². The van der Waals surface area contributed by atoms with Gasteiger partial charge >= 0.3 is 5.69 Å². The molecule has 0 saturated carbocycles. The van der Waals surface area contributed by atoms with Crippen molar-refractivity contribution in [3.8, 4) is 6.07 Å². The molecule has 0 unspecified atom stereocenters. The summed E-state index contributed by atoms with van der Waals surface area (Å²) in [6.07, 6.45) is 7.95. The highest BCUT2D eigenvalue weighted by molar-refractivity contribution is 5.57. The van der Waals surface area contributed by atoms with Crippen molar-refractivity contribution in [2.24, 2.45) is 0 Å². The molecule has 6 nitrogen and oxygen atoms in total. The lowest BCUT2D eigenvalue weighted by Gasteiger charge is -2.11. The Kier molecular flexibility index (Phi) is 3.76. The molecule has 2 rings (SSSR count). The van der Waals surface area contributed by atoms with E-state index in [1.807, 2.05) is 19.1 Å². The second-order valence-electron chi connectivity index (χ2n) is 4.22. The normalized spacial score (nSPS) is 14.0. The fraction of sp³-hybridized carbons (Fsp3) is 0.385. The van der Waals surface area contributed by atoms with Crippen molar-refractivity contribution in [2.75, 3.05) is 0 Å². The summed E-state index contributed by atoms with van der Waals surface area (Å²) < 4.78 is 2.19. The predicted molar refractivity (Wildman–Crippen MR) is 70.4 cm³/mol.